The van der Waals surface area contributed by atoms with Crippen molar-refractivity contribution in [2.24, 2.45) is 0 Å². The van der Waals surface area contributed by atoms with Crippen LogP contribution in [0.1, 0.15) is 42.4 Å². The van der Waals surface area contributed by atoms with E-state index in [2.05, 4.69) is 21.4 Å². The molecule has 0 fully saturated rings. The van der Waals surface area contributed by atoms with Crippen LogP contribution in [0.15, 0.2) is 35.5 Å². The third-order valence-corrected chi connectivity index (χ3v) is 5.58. The van der Waals surface area contributed by atoms with Crippen LogP contribution in [0.2, 0.25) is 0 Å². The summed E-state index contributed by atoms with van der Waals surface area (Å²) in [5, 5.41) is 19.3. The number of allylic oxidation sites excluding steroid dienone is 2. The largest absolute Gasteiger partial charge is 0.632 e. The third-order valence-electron chi connectivity index (χ3n) is 5.58. The van der Waals surface area contributed by atoms with Crippen LogP contribution in [0.25, 0.3) is 0 Å². The van der Waals surface area contributed by atoms with Crippen molar-refractivity contribution in [1.82, 2.24) is 15.6 Å². The smallest absolute Gasteiger partial charge is 0.340 e. The van der Waals surface area contributed by atoms with Crippen LogP contribution in [0.4, 0.5) is 17.6 Å². The number of hydrogen-bond donors (Lipinski definition) is 3. The summed E-state index contributed by atoms with van der Waals surface area (Å²) in [6, 6.07) is 1.07. The number of hydroxylamine groups is 3. The Labute approximate surface area is 189 Å². The maximum atomic E-state index is 13.7. The predicted octanol–water partition coefficient (Wildman–Crippen LogP) is 2.04. The minimum absolute atomic E-state index is 0.0208. The first kappa shape index (κ1) is 26.6. The first-order valence-electron chi connectivity index (χ1n) is 10.4. The van der Waals surface area contributed by atoms with E-state index >= 15 is 0 Å². The number of likely N-dealkylation sites (N-methyl/N-ethyl adjacent to an activating group) is 1. The molecule has 0 saturated heterocycles. The zero-order chi connectivity index (χ0) is 25.0. The molecule has 1 aliphatic rings. The van der Waals surface area contributed by atoms with E-state index in [4.69, 9.17) is 4.74 Å². The molecule has 2 unspecified atom stereocenters. The minimum atomic E-state index is -4.30. The zero-order valence-corrected chi connectivity index (χ0v) is 19.1. The maximum Gasteiger partial charge on any atom is 0.340 e. The van der Waals surface area contributed by atoms with Crippen molar-refractivity contribution < 1.29 is 37.5 Å². The van der Waals surface area contributed by atoms with Gasteiger partial charge in [0.15, 0.2) is 6.61 Å². The molecule has 1 aromatic heterocycles. The molecule has 1 aliphatic heterocycles. The molecule has 0 bridgehead atoms. The number of nitrogens with zero attached hydrogens (tertiary/aromatic N) is 2. The molecular formula is C21H30F4N5O3+. The Bertz CT molecular complexity index is 938. The lowest BCUT2D eigenvalue weighted by atomic mass is 10.1. The van der Waals surface area contributed by atoms with Crippen LogP contribution in [-0.2, 0) is 17.8 Å². The molecule has 0 saturated carbocycles. The molecule has 0 spiro atoms. The van der Waals surface area contributed by atoms with Gasteiger partial charge in [-0.2, -0.15) is 8.78 Å². The second-order valence-electron chi connectivity index (χ2n) is 7.91. The number of alkyl halides is 4. The molecule has 0 radical (unpaired) electrons. The first-order chi connectivity index (χ1) is 15.4. The molecule has 33 heavy (non-hydrogen) atoms. The number of halogens is 4. The van der Waals surface area contributed by atoms with E-state index in [-0.39, 0.29) is 30.6 Å². The molecule has 0 aromatic carbocycles. The van der Waals surface area contributed by atoms with Crippen LogP contribution in [0.3, 0.4) is 0 Å². The number of hydrogen-bond acceptors (Lipinski definition) is 5. The molecule has 2 atom stereocenters. The Hall–Kier alpha value is -2.70. The average Bonchev–Trinajstić information content (AvgIpc) is 3.12. The highest BCUT2D eigenvalue weighted by Gasteiger charge is 2.42. The molecule has 8 nitrogen and oxygen atoms in total. The fraction of sp³-hybridized carbons (Fsp3) is 0.524. The van der Waals surface area contributed by atoms with Gasteiger partial charge in [0.2, 0.25) is 0 Å². The summed E-state index contributed by atoms with van der Waals surface area (Å²) in [7, 11) is 1.60. The van der Waals surface area contributed by atoms with E-state index in [0.717, 1.165) is 5.56 Å². The Morgan fingerprint density at radius 2 is 2.09 bits per heavy atom. The molecule has 12 heteroatoms. The predicted molar refractivity (Wildman–Crippen MR) is 112 cm³/mol. The van der Waals surface area contributed by atoms with Crippen molar-refractivity contribution in [3.05, 3.63) is 57.5 Å². The monoisotopic (exact) mass is 476 g/mol. The Balaban J connectivity index is 2.25. The lowest BCUT2D eigenvalue weighted by molar-refractivity contribution is -0.917. The number of carbonyl (C=O) groups is 1. The summed E-state index contributed by atoms with van der Waals surface area (Å²) in [6.45, 7) is 4.04. The van der Waals surface area contributed by atoms with E-state index in [1.165, 1.54) is 19.2 Å². The van der Waals surface area contributed by atoms with Gasteiger partial charge < -0.3 is 25.2 Å². The summed E-state index contributed by atoms with van der Waals surface area (Å²) >= 11 is 0. The lowest BCUT2D eigenvalue weighted by Gasteiger charge is -2.44. The van der Waals surface area contributed by atoms with Gasteiger partial charge >= 0.3 is 12.3 Å². The van der Waals surface area contributed by atoms with Gasteiger partial charge in [-0.1, -0.05) is 0 Å². The van der Waals surface area contributed by atoms with Gasteiger partial charge in [-0.15, -0.1) is 0 Å². The number of fused-ring (bicyclic) bond motifs is 1. The van der Waals surface area contributed by atoms with Crippen molar-refractivity contribution in [3.8, 4) is 0 Å². The van der Waals surface area contributed by atoms with E-state index in [1.54, 1.807) is 27.0 Å². The summed E-state index contributed by atoms with van der Waals surface area (Å²) in [4.78, 5) is 16.5. The number of pyridine rings is 1. The fourth-order valence-electron chi connectivity index (χ4n) is 3.51. The number of amides is 1. The summed E-state index contributed by atoms with van der Waals surface area (Å²) in [5.74, 6) is -4.86. The van der Waals surface area contributed by atoms with E-state index in [0.29, 0.717) is 23.4 Å². The van der Waals surface area contributed by atoms with Gasteiger partial charge in [-0.3, -0.25) is 15.5 Å². The van der Waals surface area contributed by atoms with Crippen molar-refractivity contribution in [1.29, 1.82) is 0 Å². The molecule has 184 valence electrons. The fourth-order valence-corrected chi connectivity index (χ4v) is 3.51. The average molecular weight is 476 g/mol. The Kier molecular flexibility index (Phi) is 8.44. The van der Waals surface area contributed by atoms with Crippen molar-refractivity contribution >= 4 is 5.91 Å². The molecule has 2 heterocycles. The van der Waals surface area contributed by atoms with Gasteiger partial charge in [0.05, 0.1) is 11.3 Å². The van der Waals surface area contributed by atoms with Crippen molar-refractivity contribution in [2.45, 2.75) is 52.3 Å². The highest BCUT2D eigenvalue weighted by Crippen LogP contribution is 2.35. The van der Waals surface area contributed by atoms with Crippen LogP contribution in [0.5, 0.6) is 0 Å². The number of carbonyl (C=O) groups excluding carboxylic acids is 1. The van der Waals surface area contributed by atoms with Crippen LogP contribution in [-0.4, -0.2) is 54.1 Å². The van der Waals surface area contributed by atoms with Gasteiger partial charge in [0, 0.05) is 30.9 Å². The number of nitrogens with one attached hydrogen (secondary N) is 2. The highest BCUT2D eigenvalue weighted by molar-refractivity contribution is 5.94. The number of ether oxygens (including phenoxy) is 1. The van der Waals surface area contributed by atoms with Gasteiger partial charge in [0.1, 0.15) is 24.8 Å². The van der Waals surface area contributed by atoms with Gasteiger partial charge in [-0.25, -0.2) is 8.78 Å². The van der Waals surface area contributed by atoms with E-state index in [9.17, 15) is 27.6 Å². The first-order valence-corrected chi connectivity index (χ1v) is 10.4. The maximum absolute atomic E-state index is 13.7. The topological polar surface area (TPSA) is 114 Å². The number of quaternary nitrogens is 2. The lowest BCUT2D eigenvalue weighted by Crippen LogP contribution is -2.51. The second kappa shape index (κ2) is 10.5. The Morgan fingerprint density at radius 3 is 2.67 bits per heavy atom. The van der Waals surface area contributed by atoms with E-state index in [1.807, 2.05) is 0 Å². The molecule has 5 N–H and O–H groups in total. The Morgan fingerprint density at radius 1 is 1.42 bits per heavy atom. The molecular weight excluding hydrogens is 446 g/mol. The minimum Gasteiger partial charge on any atom is -0.632 e. The highest BCUT2D eigenvalue weighted by atomic mass is 19.3. The molecule has 0 aliphatic carbocycles. The summed E-state index contributed by atoms with van der Waals surface area (Å²) in [5.41, 5.74) is 5.81. The van der Waals surface area contributed by atoms with Crippen LogP contribution >= 0.6 is 0 Å². The second-order valence-corrected chi connectivity index (χ2v) is 7.91. The third kappa shape index (κ3) is 6.01. The normalized spacial score (nSPS) is 20.3. The molecule has 1 amide bonds. The van der Waals surface area contributed by atoms with Gasteiger partial charge in [-0.05, 0) is 32.9 Å². The SMILES string of the molecule is CCNC(=O)c1nccc2c1C[N+]([O-])(C(C)/C(=C/C(C)=C(\[NH3+])OCC(F)(F)C(F)F)NC)C2. The van der Waals surface area contributed by atoms with Gasteiger partial charge in [0.25, 0.3) is 11.8 Å². The standard InChI is InChI=1S/C21H29F4N5O3/c1-5-28-19(31)17-15-10-30(32,9-14(15)6-7-29-17)13(3)16(27-4)8-12(2)18(26)33-11-21(24,25)20(22)23/h6-8,13,20,27H,5,9-11,26H2,1-4H3,(H,28,31)/p+1/b16-8-,18-12+. The molecule has 2 rings (SSSR count). The van der Waals surface area contributed by atoms with Crippen molar-refractivity contribution in [2.75, 3.05) is 20.2 Å². The summed E-state index contributed by atoms with van der Waals surface area (Å²) in [6.07, 6.45) is -0.848. The summed E-state index contributed by atoms with van der Waals surface area (Å²) < 4.78 is 54.9. The van der Waals surface area contributed by atoms with Crippen molar-refractivity contribution in [3.63, 3.8) is 0 Å². The number of aromatic nitrogens is 1. The van der Waals surface area contributed by atoms with Crippen LogP contribution < -0.4 is 16.4 Å². The van der Waals surface area contributed by atoms with E-state index < -0.39 is 29.6 Å². The molecule has 1 aromatic rings. The zero-order valence-electron chi connectivity index (χ0n) is 19.1. The quantitative estimate of drug-likeness (QED) is 0.157. The number of rotatable bonds is 10. The van der Waals surface area contributed by atoms with Crippen LogP contribution in [0, 0.1) is 5.21 Å².